The largest absolute Gasteiger partial charge is 0.242 e. The first-order chi connectivity index (χ1) is 8.06. The molecule has 0 fully saturated rings. The molecule has 0 saturated heterocycles. The van der Waals surface area contributed by atoms with Gasteiger partial charge in [-0.25, -0.2) is 4.39 Å². The van der Waals surface area contributed by atoms with Crippen LogP contribution in [0.15, 0.2) is 59.8 Å². The van der Waals surface area contributed by atoms with Crippen molar-refractivity contribution in [1.29, 1.82) is 0 Å². The van der Waals surface area contributed by atoms with Crippen LogP contribution in [0.4, 0.5) is 4.39 Å². The molecule has 0 bridgehead atoms. The fourth-order valence-corrected chi connectivity index (χ4v) is 1.87. The Labute approximate surface area is 104 Å². The molecule has 1 aliphatic rings. The summed E-state index contributed by atoms with van der Waals surface area (Å²) in [7, 11) is 0. The van der Waals surface area contributed by atoms with Crippen molar-refractivity contribution >= 4 is 0 Å². The van der Waals surface area contributed by atoms with Gasteiger partial charge >= 0.3 is 0 Å². The Morgan fingerprint density at radius 2 is 2.18 bits per heavy atom. The van der Waals surface area contributed by atoms with Crippen LogP contribution < -0.4 is 0 Å². The lowest BCUT2D eigenvalue weighted by molar-refractivity contribution is 0.300. The highest BCUT2D eigenvalue weighted by Crippen LogP contribution is 2.30. The maximum absolute atomic E-state index is 14.4. The van der Waals surface area contributed by atoms with Gasteiger partial charge in [0.15, 0.2) is 0 Å². The van der Waals surface area contributed by atoms with E-state index in [0.29, 0.717) is 5.57 Å². The highest BCUT2D eigenvalue weighted by Gasteiger charge is 2.24. The van der Waals surface area contributed by atoms with Crippen LogP contribution in [0.2, 0.25) is 0 Å². The summed E-state index contributed by atoms with van der Waals surface area (Å²) in [6, 6.07) is 0. The number of hydrogen-bond acceptors (Lipinski definition) is 0. The molecular weight excluding hydrogens is 211 g/mol. The first kappa shape index (κ1) is 13.7. The normalized spacial score (nSPS) is 21.8. The zero-order chi connectivity index (χ0) is 12.8. The predicted molar refractivity (Wildman–Crippen MR) is 73.6 cm³/mol. The summed E-state index contributed by atoms with van der Waals surface area (Å²) in [5.41, 5.74) is 2.93. The molecule has 0 radical (unpaired) electrons. The van der Waals surface area contributed by atoms with E-state index < -0.39 is 6.17 Å². The van der Waals surface area contributed by atoms with Gasteiger partial charge in [-0.1, -0.05) is 54.2 Å². The van der Waals surface area contributed by atoms with Crippen LogP contribution in [0.3, 0.4) is 0 Å². The van der Waals surface area contributed by atoms with Crippen molar-refractivity contribution in [2.75, 3.05) is 0 Å². The molecule has 1 aliphatic carbocycles. The fourth-order valence-electron chi connectivity index (χ4n) is 1.87. The molecule has 0 aromatic rings. The first-order valence-electron chi connectivity index (χ1n) is 6.01. The average molecular weight is 232 g/mol. The van der Waals surface area contributed by atoms with Crippen LogP contribution in [0, 0.1) is 5.92 Å². The monoisotopic (exact) mass is 232 g/mol. The van der Waals surface area contributed by atoms with Crippen molar-refractivity contribution in [1.82, 2.24) is 0 Å². The minimum Gasteiger partial charge on any atom is -0.242 e. The second-order valence-corrected chi connectivity index (χ2v) is 4.70. The highest BCUT2D eigenvalue weighted by molar-refractivity contribution is 5.32. The molecule has 0 aromatic carbocycles. The fraction of sp³-hybridized carbons (Fsp3) is 0.375. The minimum atomic E-state index is -0.968. The Bertz CT molecular complexity index is 390. The lowest BCUT2D eigenvalue weighted by Crippen LogP contribution is -2.19. The summed E-state index contributed by atoms with van der Waals surface area (Å²) >= 11 is 0. The number of halogens is 1. The third-order valence-electron chi connectivity index (χ3n) is 2.99. The molecule has 0 aromatic heterocycles. The van der Waals surface area contributed by atoms with Crippen molar-refractivity contribution in [3.05, 3.63) is 59.8 Å². The third kappa shape index (κ3) is 3.85. The lowest BCUT2D eigenvalue weighted by atomic mass is 9.85. The Morgan fingerprint density at radius 3 is 2.71 bits per heavy atom. The molecule has 0 amide bonds. The molecule has 92 valence electrons. The molecule has 2 atom stereocenters. The Hall–Kier alpha value is -1.37. The molecule has 1 rings (SSSR count). The quantitative estimate of drug-likeness (QED) is 0.603. The molecule has 0 aliphatic heterocycles. The number of alkyl halides is 1. The molecule has 0 heterocycles. The maximum Gasteiger partial charge on any atom is 0.132 e. The van der Waals surface area contributed by atoms with E-state index in [1.807, 2.05) is 51.2 Å². The SMILES string of the molecule is C=C/C(=C\C=C(C)C)C(F)C1CC=CC=C1C. The van der Waals surface area contributed by atoms with Gasteiger partial charge in [0.05, 0.1) is 0 Å². The topological polar surface area (TPSA) is 0 Å². The number of rotatable bonds is 4. The molecule has 2 unspecified atom stereocenters. The Morgan fingerprint density at radius 1 is 1.47 bits per heavy atom. The van der Waals surface area contributed by atoms with E-state index in [1.54, 1.807) is 6.08 Å². The second kappa shape index (κ2) is 6.39. The lowest BCUT2D eigenvalue weighted by Gasteiger charge is -2.23. The molecular formula is C16H21F. The van der Waals surface area contributed by atoms with Gasteiger partial charge in [0.1, 0.15) is 6.17 Å². The number of allylic oxidation sites excluding steroid dienone is 9. The molecule has 0 saturated carbocycles. The molecule has 1 heteroatoms. The van der Waals surface area contributed by atoms with Crippen molar-refractivity contribution in [3.8, 4) is 0 Å². The van der Waals surface area contributed by atoms with E-state index in [-0.39, 0.29) is 5.92 Å². The van der Waals surface area contributed by atoms with Crippen molar-refractivity contribution in [3.63, 3.8) is 0 Å². The van der Waals surface area contributed by atoms with Gasteiger partial charge in [0, 0.05) is 5.92 Å². The smallest absolute Gasteiger partial charge is 0.132 e. The van der Waals surface area contributed by atoms with Gasteiger partial charge in [-0.2, -0.15) is 0 Å². The second-order valence-electron chi connectivity index (χ2n) is 4.70. The minimum absolute atomic E-state index is 0.0465. The van der Waals surface area contributed by atoms with E-state index in [2.05, 4.69) is 6.58 Å². The maximum atomic E-state index is 14.4. The van der Waals surface area contributed by atoms with Gasteiger partial charge in [-0.15, -0.1) is 0 Å². The Balaban J connectivity index is 2.87. The number of hydrogen-bond donors (Lipinski definition) is 0. The summed E-state index contributed by atoms with van der Waals surface area (Å²) in [4.78, 5) is 0. The summed E-state index contributed by atoms with van der Waals surface area (Å²) in [5, 5.41) is 0. The van der Waals surface area contributed by atoms with E-state index in [0.717, 1.165) is 17.6 Å². The van der Waals surface area contributed by atoms with Crippen LogP contribution in [0.1, 0.15) is 27.2 Å². The van der Waals surface area contributed by atoms with E-state index in [4.69, 9.17) is 0 Å². The Kier molecular flexibility index (Phi) is 5.14. The average Bonchev–Trinajstić information content (AvgIpc) is 2.29. The summed E-state index contributed by atoms with van der Waals surface area (Å²) in [6.07, 6.45) is 11.2. The molecule has 0 spiro atoms. The van der Waals surface area contributed by atoms with Crippen LogP contribution >= 0.6 is 0 Å². The molecule has 0 nitrogen and oxygen atoms in total. The van der Waals surface area contributed by atoms with Crippen molar-refractivity contribution in [2.24, 2.45) is 5.92 Å². The van der Waals surface area contributed by atoms with Gasteiger partial charge in [-0.05, 0) is 32.8 Å². The summed E-state index contributed by atoms with van der Waals surface area (Å²) in [6.45, 7) is 9.69. The zero-order valence-electron chi connectivity index (χ0n) is 10.9. The van der Waals surface area contributed by atoms with Gasteiger partial charge in [-0.3, -0.25) is 0 Å². The molecule has 0 N–H and O–H groups in total. The standard InChI is InChI=1S/C16H21F/c1-5-14(11-10-12(2)3)16(17)15-9-7-6-8-13(15)4/h5-8,10-11,15-16H,1,9H2,2-4H3/b14-11+. The van der Waals surface area contributed by atoms with E-state index in [9.17, 15) is 4.39 Å². The van der Waals surface area contributed by atoms with Crippen molar-refractivity contribution < 1.29 is 4.39 Å². The predicted octanol–water partition coefficient (Wildman–Crippen LogP) is 4.93. The van der Waals surface area contributed by atoms with Crippen LogP contribution in [0.5, 0.6) is 0 Å². The van der Waals surface area contributed by atoms with E-state index >= 15 is 0 Å². The van der Waals surface area contributed by atoms with E-state index in [1.165, 1.54) is 0 Å². The highest BCUT2D eigenvalue weighted by atomic mass is 19.1. The van der Waals surface area contributed by atoms with Gasteiger partial charge in [0.2, 0.25) is 0 Å². The van der Waals surface area contributed by atoms with Crippen molar-refractivity contribution in [2.45, 2.75) is 33.4 Å². The molecule has 17 heavy (non-hydrogen) atoms. The van der Waals surface area contributed by atoms with Gasteiger partial charge in [0.25, 0.3) is 0 Å². The summed E-state index contributed by atoms with van der Waals surface area (Å²) in [5.74, 6) is -0.0465. The van der Waals surface area contributed by atoms with Crippen LogP contribution in [-0.2, 0) is 0 Å². The van der Waals surface area contributed by atoms with Gasteiger partial charge < -0.3 is 0 Å². The third-order valence-corrected chi connectivity index (χ3v) is 2.99. The van der Waals surface area contributed by atoms with Crippen LogP contribution in [0.25, 0.3) is 0 Å². The summed E-state index contributed by atoms with van der Waals surface area (Å²) < 4.78 is 14.4. The zero-order valence-corrected chi connectivity index (χ0v) is 10.9. The first-order valence-corrected chi connectivity index (χ1v) is 6.01. The van der Waals surface area contributed by atoms with Crippen LogP contribution in [-0.4, -0.2) is 6.17 Å².